The number of allylic oxidation sites excluding steroid dienone is 1. The second-order valence-electron chi connectivity index (χ2n) is 9.24. The average Bonchev–Trinajstić information content (AvgIpc) is 2.73. The minimum atomic E-state index is -4.91. The fourth-order valence-corrected chi connectivity index (χ4v) is 3.75. The van der Waals surface area contributed by atoms with Crippen molar-refractivity contribution in [1.82, 2.24) is 15.1 Å². The van der Waals surface area contributed by atoms with Crippen LogP contribution < -0.4 is 5.32 Å². The van der Waals surface area contributed by atoms with Crippen LogP contribution in [0.4, 0.5) is 18.0 Å². The van der Waals surface area contributed by atoms with Gasteiger partial charge in [0.2, 0.25) is 0 Å². The van der Waals surface area contributed by atoms with Crippen LogP contribution in [0, 0.1) is 0 Å². The van der Waals surface area contributed by atoms with Crippen LogP contribution in [0.15, 0.2) is 36.9 Å². The highest BCUT2D eigenvalue weighted by atomic mass is 19.4. The van der Waals surface area contributed by atoms with E-state index in [0.717, 1.165) is 18.4 Å². The Morgan fingerprint density at radius 1 is 1.09 bits per heavy atom. The molecular formula is C24H34F3N3O3. The Morgan fingerprint density at radius 3 is 2.12 bits per heavy atom. The van der Waals surface area contributed by atoms with Gasteiger partial charge in [0.05, 0.1) is 6.04 Å². The molecule has 2 amide bonds. The number of rotatable bonds is 7. The zero-order chi connectivity index (χ0) is 24.8. The van der Waals surface area contributed by atoms with E-state index in [1.807, 2.05) is 44.3 Å². The van der Waals surface area contributed by atoms with Gasteiger partial charge in [-0.2, -0.15) is 13.2 Å². The van der Waals surface area contributed by atoms with Gasteiger partial charge in [0.15, 0.2) is 0 Å². The molecule has 1 N–H and O–H groups in total. The number of nitrogens with zero attached hydrogens (tertiary/aromatic N) is 2. The minimum Gasteiger partial charge on any atom is -0.444 e. The van der Waals surface area contributed by atoms with Crippen LogP contribution in [0.5, 0.6) is 0 Å². The van der Waals surface area contributed by atoms with Crippen molar-refractivity contribution in [3.8, 4) is 0 Å². The van der Waals surface area contributed by atoms with E-state index < -0.39 is 23.7 Å². The molecule has 1 heterocycles. The van der Waals surface area contributed by atoms with E-state index in [2.05, 4.69) is 11.5 Å². The maximum absolute atomic E-state index is 12.5. The largest absolute Gasteiger partial charge is 0.471 e. The lowest BCUT2D eigenvalue weighted by Crippen LogP contribution is -2.50. The smallest absolute Gasteiger partial charge is 0.444 e. The summed E-state index contributed by atoms with van der Waals surface area (Å²) in [5.41, 5.74) is 1.08. The Balaban J connectivity index is 2.06. The number of ether oxygens (including phenoxy) is 1. The molecule has 1 saturated heterocycles. The van der Waals surface area contributed by atoms with Crippen molar-refractivity contribution in [1.29, 1.82) is 0 Å². The third-order valence-corrected chi connectivity index (χ3v) is 5.48. The van der Waals surface area contributed by atoms with E-state index in [4.69, 9.17) is 4.74 Å². The normalized spacial score (nSPS) is 17.2. The molecule has 1 aromatic carbocycles. The SMILES string of the molecule is C=CCCC(c1ccc([C@H](C)NC(=O)C(F)(F)F)cc1)N1CCN(C(=O)OC(C)(C)C)CC1. The number of nitrogens with one attached hydrogen (secondary N) is 1. The zero-order valence-electron chi connectivity index (χ0n) is 19.7. The molecule has 2 atom stereocenters. The molecule has 0 saturated carbocycles. The molecule has 0 radical (unpaired) electrons. The van der Waals surface area contributed by atoms with Crippen LogP contribution in [-0.2, 0) is 9.53 Å². The standard InChI is InChI=1S/C24H34F3N3O3/c1-6-7-8-20(29-13-15-30(16-14-29)22(32)33-23(3,4)5)19-11-9-18(10-12-19)17(2)28-21(31)24(25,26)27/h6,9-12,17,20H,1,7-8,13-16H2,2-5H3,(H,28,31)/t17-,20?/m0/s1. The number of halogens is 3. The number of hydrogen-bond donors (Lipinski definition) is 1. The number of alkyl halides is 3. The van der Waals surface area contributed by atoms with E-state index in [1.54, 1.807) is 17.0 Å². The fourth-order valence-electron chi connectivity index (χ4n) is 3.75. The van der Waals surface area contributed by atoms with Gasteiger partial charge in [0, 0.05) is 32.2 Å². The lowest BCUT2D eigenvalue weighted by molar-refractivity contribution is -0.174. The molecule has 1 aliphatic rings. The van der Waals surface area contributed by atoms with E-state index in [1.165, 1.54) is 6.92 Å². The Hall–Kier alpha value is -2.55. The Labute approximate surface area is 193 Å². The fraction of sp³-hybridized carbons (Fsp3) is 0.583. The van der Waals surface area contributed by atoms with E-state index in [0.29, 0.717) is 31.7 Å². The zero-order valence-corrected chi connectivity index (χ0v) is 19.7. The van der Waals surface area contributed by atoms with Crippen molar-refractivity contribution in [3.63, 3.8) is 0 Å². The molecule has 1 aromatic rings. The summed E-state index contributed by atoms with van der Waals surface area (Å²) in [6.45, 7) is 13.3. The first-order chi connectivity index (χ1) is 15.3. The minimum absolute atomic E-state index is 0.0814. The summed E-state index contributed by atoms with van der Waals surface area (Å²) < 4.78 is 43.0. The van der Waals surface area contributed by atoms with E-state index >= 15 is 0 Å². The second kappa shape index (κ2) is 11.0. The van der Waals surface area contributed by atoms with Crippen molar-refractivity contribution in [2.24, 2.45) is 0 Å². The predicted molar refractivity (Wildman–Crippen MR) is 121 cm³/mol. The molecule has 0 spiro atoms. The lowest BCUT2D eigenvalue weighted by atomic mass is 9.97. The van der Waals surface area contributed by atoms with Gasteiger partial charge < -0.3 is 15.0 Å². The van der Waals surface area contributed by atoms with Crippen LogP contribution in [-0.4, -0.2) is 59.8 Å². The highest BCUT2D eigenvalue weighted by molar-refractivity contribution is 5.82. The maximum Gasteiger partial charge on any atom is 0.471 e. The van der Waals surface area contributed by atoms with Crippen molar-refractivity contribution in [3.05, 3.63) is 48.0 Å². The average molecular weight is 470 g/mol. The molecule has 1 unspecified atom stereocenters. The van der Waals surface area contributed by atoms with Gasteiger partial charge in [0.1, 0.15) is 5.60 Å². The molecule has 9 heteroatoms. The summed E-state index contributed by atoms with van der Waals surface area (Å²) in [6, 6.07) is 6.58. The highest BCUT2D eigenvalue weighted by Gasteiger charge is 2.39. The maximum atomic E-state index is 12.5. The third-order valence-electron chi connectivity index (χ3n) is 5.48. The van der Waals surface area contributed by atoms with E-state index in [-0.39, 0.29) is 12.1 Å². The molecule has 0 aliphatic carbocycles. The van der Waals surface area contributed by atoms with Gasteiger partial charge in [-0.25, -0.2) is 4.79 Å². The Kier molecular flexibility index (Phi) is 8.94. The molecule has 2 rings (SSSR count). The summed E-state index contributed by atoms with van der Waals surface area (Å²) in [5.74, 6) is -1.95. The van der Waals surface area contributed by atoms with Gasteiger partial charge in [0.25, 0.3) is 0 Å². The van der Waals surface area contributed by atoms with Gasteiger partial charge in [-0.15, -0.1) is 6.58 Å². The predicted octanol–water partition coefficient (Wildman–Crippen LogP) is 4.99. The first kappa shape index (κ1) is 26.7. The first-order valence-electron chi connectivity index (χ1n) is 11.1. The highest BCUT2D eigenvalue weighted by Crippen LogP contribution is 2.29. The third kappa shape index (κ3) is 8.07. The molecular weight excluding hydrogens is 435 g/mol. The number of carbonyl (C=O) groups excluding carboxylic acids is 2. The number of hydrogen-bond acceptors (Lipinski definition) is 4. The quantitative estimate of drug-likeness (QED) is 0.572. The monoisotopic (exact) mass is 469 g/mol. The molecule has 0 bridgehead atoms. The van der Waals surface area contributed by atoms with Crippen molar-refractivity contribution in [2.75, 3.05) is 26.2 Å². The number of benzene rings is 1. The molecule has 0 aromatic heterocycles. The molecule has 33 heavy (non-hydrogen) atoms. The molecule has 1 fully saturated rings. The summed E-state index contributed by atoms with van der Waals surface area (Å²) in [5, 5.41) is 1.98. The number of amides is 2. The first-order valence-corrected chi connectivity index (χ1v) is 11.1. The Bertz CT molecular complexity index is 811. The van der Waals surface area contributed by atoms with Crippen LogP contribution in [0.2, 0.25) is 0 Å². The van der Waals surface area contributed by atoms with Crippen molar-refractivity contribution < 1.29 is 27.5 Å². The summed E-state index contributed by atoms with van der Waals surface area (Å²) >= 11 is 0. The Morgan fingerprint density at radius 2 is 1.64 bits per heavy atom. The number of carbonyl (C=O) groups is 2. The molecule has 184 valence electrons. The van der Waals surface area contributed by atoms with Gasteiger partial charge in [-0.1, -0.05) is 30.3 Å². The lowest BCUT2D eigenvalue weighted by Gasteiger charge is -2.40. The molecule has 6 nitrogen and oxygen atoms in total. The molecule has 1 aliphatic heterocycles. The van der Waals surface area contributed by atoms with Crippen LogP contribution in [0.3, 0.4) is 0 Å². The van der Waals surface area contributed by atoms with Crippen molar-refractivity contribution >= 4 is 12.0 Å². The van der Waals surface area contributed by atoms with Crippen molar-refractivity contribution in [2.45, 2.75) is 64.4 Å². The van der Waals surface area contributed by atoms with E-state index in [9.17, 15) is 22.8 Å². The van der Waals surface area contributed by atoms with Crippen LogP contribution in [0.25, 0.3) is 0 Å². The van der Waals surface area contributed by atoms with Crippen LogP contribution in [0.1, 0.15) is 63.7 Å². The number of piperazine rings is 1. The second-order valence-corrected chi connectivity index (χ2v) is 9.24. The summed E-state index contributed by atoms with van der Waals surface area (Å²) in [6.07, 6.45) is -1.74. The van der Waals surface area contributed by atoms with Gasteiger partial charge in [-0.3, -0.25) is 9.69 Å². The van der Waals surface area contributed by atoms with Gasteiger partial charge >= 0.3 is 18.2 Å². The summed E-state index contributed by atoms with van der Waals surface area (Å²) in [4.78, 5) is 27.6. The topological polar surface area (TPSA) is 61.9 Å². The van der Waals surface area contributed by atoms with Gasteiger partial charge in [-0.05, 0) is 51.7 Å². The van der Waals surface area contributed by atoms with Crippen LogP contribution >= 0.6 is 0 Å². The summed E-state index contributed by atoms with van der Waals surface area (Å²) in [7, 11) is 0.